The van der Waals surface area contributed by atoms with Crippen molar-refractivity contribution in [2.45, 2.75) is 65.0 Å². The van der Waals surface area contributed by atoms with Crippen LogP contribution in [0.15, 0.2) is 18.5 Å². The third kappa shape index (κ3) is 6.30. The van der Waals surface area contributed by atoms with Crippen molar-refractivity contribution in [1.82, 2.24) is 19.5 Å². The number of terminal acetylenes is 1. The molecule has 0 aliphatic rings. The monoisotopic (exact) mass is 541 g/mol. The molecule has 11 heteroatoms. The number of nitrogens with zero attached hydrogens (tertiary/aromatic N) is 4. The Hall–Kier alpha value is -3.52. The minimum atomic E-state index is -1.14. The van der Waals surface area contributed by atoms with Crippen molar-refractivity contribution in [2.75, 3.05) is 19.0 Å². The van der Waals surface area contributed by atoms with Crippen LogP contribution in [0.5, 0.6) is 5.75 Å². The molecule has 1 unspecified atom stereocenters. The van der Waals surface area contributed by atoms with Crippen molar-refractivity contribution in [3.63, 3.8) is 0 Å². The zero-order chi connectivity index (χ0) is 28.3. The van der Waals surface area contributed by atoms with E-state index in [0.717, 1.165) is 16.7 Å². The third-order valence-electron chi connectivity index (χ3n) is 6.34. The number of anilines is 1. The summed E-state index contributed by atoms with van der Waals surface area (Å²) in [6.07, 6.45) is 7.43. The van der Waals surface area contributed by atoms with E-state index in [1.54, 1.807) is 10.6 Å². The summed E-state index contributed by atoms with van der Waals surface area (Å²) in [6, 6.07) is 3.77. The molecule has 0 radical (unpaired) electrons. The summed E-state index contributed by atoms with van der Waals surface area (Å²) in [5, 5.41) is 12.4. The molecule has 1 atom stereocenters. The number of nitrogens with one attached hydrogen (secondary N) is 1. The molecule has 2 heterocycles. The maximum Gasteiger partial charge on any atom is 0.308 e. The van der Waals surface area contributed by atoms with E-state index < -0.39 is 17.0 Å². The predicted octanol–water partition coefficient (Wildman–Crippen LogP) is 3.73. The fourth-order valence-corrected chi connectivity index (χ4v) is 4.75. The maximum atomic E-state index is 13.2. The lowest BCUT2D eigenvalue weighted by atomic mass is 9.78. The summed E-state index contributed by atoms with van der Waals surface area (Å²) in [4.78, 5) is 37.8. The van der Waals surface area contributed by atoms with Gasteiger partial charge in [0.15, 0.2) is 22.6 Å². The van der Waals surface area contributed by atoms with Crippen LogP contribution >= 0.6 is 11.6 Å². The van der Waals surface area contributed by atoms with Crippen molar-refractivity contribution in [3.05, 3.63) is 40.4 Å². The molecule has 0 saturated heterocycles. The van der Waals surface area contributed by atoms with Crippen LogP contribution in [0.1, 0.15) is 50.3 Å². The second kappa shape index (κ2) is 11.5. The van der Waals surface area contributed by atoms with Crippen LogP contribution in [0, 0.1) is 26.2 Å². The number of ether oxygens (including phenoxy) is 2. The van der Waals surface area contributed by atoms with Gasteiger partial charge in [0.25, 0.3) is 0 Å². The van der Waals surface area contributed by atoms with Gasteiger partial charge in [-0.25, -0.2) is 4.98 Å². The van der Waals surface area contributed by atoms with Gasteiger partial charge in [-0.15, -0.1) is 6.42 Å². The number of benzene rings is 1. The number of hydrogen-bond donors (Lipinski definition) is 2. The van der Waals surface area contributed by atoms with Gasteiger partial charge in [0.1, 0.15) is 5.75 Å². The van der Waals surface area contributed by atoms with E-state index in [0.29, 0.717) is 29.9 Å². The molecule has 2 N–H and O–H groups in total. The molecule has 38 heavy (non-hydrogen) atoms. The Morgan fingerprint density at radius 2 is 1.97 bits per heavy atom. The largest absolute Gasteiger partial charge is 0.426 e. The average Bonchev–Trinajstić information content (AvgIpc) is 3.21. The van der Waals surface area contributed by atoms with Crippen LogP contribution in [0.25, 0.3) is 11.2 Å². The standard InChI is InChI=1S/C27H32ClN5O5/c1-8-27(14-34,37-7)9-10-33-15-29-22-23(31-25(28)32-24(22)33)30-20(36)13-26(5,6)21-17(3)11-16(2)12-19(21)38-18(4)35/h1,11-12,15,34H,9-10,13-14H2,2-7H3,(H,30,31,32,36). The van der Waals surface area contributed by atoms with Gasteiger partial charge in [-0.05, 0) is 42.6 Å². The fourth-order valence-electron chi connectivity index (χ4n) is 4.59. The van der Waals surface area contributed by atoms with Gasteiger partial charge in [0.2, 0.25) is 11.2 Å². The highest BCUT2D eigenvalue weighted by Crippen LogP contribution is 2.38. The molecular formula is C27H32ClN5O5. The number of carbonyl (C=O) groups excluding carboxylic acids is 2. The van der Waals surface area contributed by atoms with E-state index in [4.69, 9.17) is 27.5 Å². The Labute approximate surface area is 226 Å². The lowest BCUT2D eigenvalue weighted by Gasteiger charge is -2.29. The number of amides is 1. The molecule has 1 aromatic carbocycles. The summed E-state index contributed by atoms with van der Waals surface area (Å²) in [5.74, 6) is 2.31. The van der Waals surface area contributed by atoms with Crippen molar-refractivity contribution in [3.8, 4) is 18.1 Å². The number of methoxy groups -OCH3 is 1. The maximum absolute atomic E-state index is 13.2. The molecule has 202 valence electrons. The Balaban J connectivity index is 1.87. The van der Waals surface area contributed by atoms with Crippen molar-refractivity contribution >= 4 is 40.5 Å². The predicted molar refractivity (Wildman–Crippen MR) is 144 cm³/mol. The summed E-state index contributed by atoms with van der Waals surface area (Å²) in [6.45, 7) is 8.97. The van der Waals surface area contributed by atoms with Gasteiger partial charge in [-0.1, -0.05) is 25.8 Å². The quantitative estimate of drug-likeness (QED) is 0.172. The van der Waals surface area contributed by atoms with Crippen LogP contribution in [-0.2, 0) is 26.3 Å². The Morgan fingerprint density at radius 1 is 1.26 bits per heavy atom. The van der Waals surface area contributed by atoms with E-state index in [1.807, 2.05) is 33.8 Å². The topological polar surface area (TPSA) is 128 Å². The molecule has 3 rings (SSSR count). The molecule has 10 nitrogen and oxygen atoms in total. The highest BCUT2D eigenvalue weighted by Gasteiger charge is 2.31. The lowest BCUT2D eigenvalue weighted by Crippen LogP contribution is -2.35. The smallest absolute Gasteiger partial charge is 0.308 e. The lowest BCUT2D eigenvalue weighted by molar-refractivity contribution is -0.131. The number of hydrogen-bond acceptors (Lipinski definition) is 8. The first-order chi connectivity index (χ1) is 17.8. The highest BCUT2D eigenvalue weighted by molar-refractivity contribution is 6.28. The second-order valence-electron chi connectivity index (χ2n) is 9.86. The van der Waals surface area contributed by atoms with E-state index in [9.17, 15) is 14.7 Å². The zero-order valence-electron chi connectivity index (χ0n) is 22.4. The Morgan fingerprint density at radius 3 is 2.58 bits per heavy atom. The summed E-state index contributed by atoms with van der Waals surface area (Å²) >= 11 is 6.18. The summed E-state index contributed by atoms with van der Waals surface area (Å²) in [7, 11) is 1.43. The van der Waals surface area contributed by atoms with E-state index >= 15 is 0 Å². The van der Waals surface area contributed by atoms with Crippen LogP contribution in [0.4, 0.5) is 5.82 Å². The molecule has 0 bridgehead atoms. The fraction of sp³-hybridized carbons (Fsp3) is 0.444. The van der Waals surface area contributed by atoms with Crippen LogP contribution in [-0.4, -0.2) is 55.8 Å². The number of halogens is 1. The van der Waals surface area contributed by atoms with Crippen molar-refractivity contribution < 1.29 is 24.2 Å². The molecular weight excluding hydrogens is 510 g/mol. The van der Waals surface area contributed by atoms with Gasteiger partial charge >= 0.3 is 5.97 Å². The first-order valence-corrected chi connectivity index (χ1v) is 12.3. The number of esters is 1. The number of aliphatic hydroxyl groups excluding tert-OH is 1. The van der Waals surface area contributed by atoms with E-state index in [2.05, 4.69) is 26.2 Å². The molecule has 3 aromatic rings. The normalized spacial score (nSPS) is 13.1. The van der Waals surface area contributed by atoms with Crippen LogP contribution < -0.4 is 10.1 Å². The van der Waals surface area contributed by atoms with E-state index in [-0.39, 0.29) is 30.0 Å². The first-order valence-electron chi connectivity index (χ1n) is 12.0. The number of rotatable bonds is 10. The molecule has 2 aromatic heterocycles. The van der Waals surface area contributed by atoms with E-state index in [1.165, 1.54) is 20.4 Å². The molecule has 0 saturated carbocycles. The zero-order valence-corrected chi connectivity index (χ0v) is 23.1. The Bertz CT molecular complexity index is 1410. The number of fused-ring (bicyclic) bond motifs is 1. The van der Waals surface area contributed by atoms with Crippen molar-refractivity contribution in [1.29, 1.82) is 0 Å². The molecule has 1 amide bonds. The van der Waals surface area contributed by atoms with Gasteiger partial charge in [-0.2, -0.15) is 9.97 Å². The van der Waals surface area contributed by atoms with Gasteiger partial charge < -0.3 is 24.5 Å². The molecule has 0 aliphatic heterocycles. The number of aromatic nitrogens is 4. The van der Waals surface area contributed by atoms with Crippen LogP contribution in [0.3, 0.4) is 0 Å². The molecule has 0 spiro atoms. The number of imidazole rings is 1. The number of aryl methyl sites for hydroxylation is 3. The van der Waals surface area contributed by atoms with Gasteiger partial charge in [-0.3, -0.25) is 9.59 Å². The average molecular weight is 542 g/mol. The minimum Gasteiger partial charge on any atom is -0.426 e. The SMILES string of the molecule is C#CC(CO)(CCn1cnc2c(NC(=O)CC(C)(C)c3c(C)cc(C)cc3OC(C)=O)nc(Cl)nc21)OC. The molecule has 0 aliphatic carbocycles. The van der Waals surface area contributed by atoms with Gasteiger partial charge in [0, 0.05) is 44.4 Å². The highest BCUT2D eigenvalue weighted by atomic mass is 35.5. The summed E-state index contributed by atoms with van der Waals surface area (Å²) < 4.78 is 12.5. The second-order valence-corrected chi connectivity index (χ2v) is 10.2. The number of aliphatic hydroxyl groups is 1. The van der Waals surface area contributed by atoms with Crippen molar-refractivity contribution in [2.24, 2.45) is 0 Å². The third-order valence-corrected chi connectivity index (χ3v) is 6.51. The molecule has 0 fully saturated rings. The first kappa shape index (κ1) is 29.0. The van der Waals surface area contributed by atoms with Crippen LogP contribution in [0.2, 0.25) is 5.28 Å². The Kier molecular flexibility index (Phi) is 8.77. The van der Waals surface area contributed by atoms with Gasteiger partial charge in [0.05, 0.1) is 12.9 Å². The minimum absolute atomic E-state index is 0.0595. The summed E-state index contributed by atoms with van der Waals surface area (Å²) in [5.41, 5.74) is 1.53. The number of carbonyl (C=O) groups is 2.